The van der Waals surface area contributed by atoms with Gasteiger partial charge in [0.2, 0.25) is 0 Å². The molecule has 1 saturated carbocycles. The van der Waals surface area contributed by atoms with Crippen LogP contribution >= 0.6 is 0 Å². The second-order valence-electron chi connectivity index (χ2n) is 6.29. The van der Waals surface area contributed by atoms with Crippen LogP contribution in [0.4, 0.5) is 5.69 Å². The molecule has 4 N–H and O–H groups in total. The zero-order chi connectivity index (χ0) is 16.9. The summed E-state index contributed by atoms with van der Waals surface area (Å²) in [5, 5.41) is 24.5. The molecule has 6 nitrogen and oxygen atoms in total. The molecular weight excluding hydrogens is 296 g/mol. The second-order valence-corrected chi connectivity index (χ2v) is 6.29. The van der Waals surface area contributed by atoms with Crippen LogP contribution < -0.4 is 10.6 Å². The maximum Gasteiger partial charge on any atom is 0.337 e. The molecule has 1 aliphatic carbocycles. The highest BCUT2D eigenvalue weighted by atomic mass is 16.4. The number of benzene rings is 1. The number of carbonyl (C=O) groups is 2. The topological polar surface area (TPSA) is 98.7 Å². The van der Waals surface area contributed by atoms with Crippen molar-refractivity contribution in [2.45, 2.75) is 50.7 Å². The van der Waals surface area contributed by atoms with Gasteiger partial charge in [-0.05, 0) is 31.9 Å². The molecule has 0 heterocycles. The molecule has 2 rings (SSSR count). The van der Waals surface area contributed by atoms with Crippen molar-refractivity contribution in [3.63, 3.8) is 0 Å². The van der Waals surface area contributed by atoms with Crippen LogP contribution in [-0.4, -0.2) is 40.3 Å². The van der Waals surface area contributed by atoms with E-state index in [9.17, 15) is 14.7 Å². The second kappa shape index (κ2) is 7.46. The molecule has 0 bridgehead atoms. The molecule has 0 saturated heterocycles. The molecule has 1 aromatic carbocycles. The number of hydrogen-bond donors (Lipinski definition) is 4. The number of rotatable bonds is 6. The Balaban J connectivity index is 2.03. The van der Waals surface area contributed by atoms with E-state index in [0.717, 1.165) is 25.5 Å². The van der Waals surface area contributed by atoms with Crippen molar-refractivity contribution < 1.29 is 19.8 Å². The summed E-state index contributed by atoms with van der Waals surface area (Å²) < 4.78 is 0. The number of carboxylic acids is 1. The van der Waals surface area contributed by atoms with Gasteiger partial charge >= 0.3 is 5.97 Å². The van der Waals surface area contributed by atoms with Crippen molar-refractivity contribution in [3.05, 3.63) is 29.8 Å². The Bertz CT molecular complexity index is 565. The molecular formula is C17H24N2O4. The first-order valence-electron chi connectivity index (χ1n) is 8.00. The van der Waals surface area contributed by atoms with E-state index in [1.54, 1.807) is 12.1 Å². The lowest BCUT2D eigenvalue weighted by atomic mass is 9.95. The van der Waals surface area contributed by atoms with Crippen LogP contribution in [0.1, 0.15) is 49.4 Å². The van der Waals surface area contributed by atoms with Crippen molar-refractivity contribution in [3.8, 4) is 0 Å². The van der Waals surface area contributed by atoms with Crippen LogP contribution in [0.25, 0.3) is 0 Å². The minimum atomic E-state index is -1.98. The summed E-state index contributed by atoms with van der Waals surface area (Å²) >= 11 is 0. The molecule has 1 fully saturated rings. The Hall–Kier alpha value is -2.08. The quantitative estimate of drug-likeness (QED) is 0.642. The zero-order valence-corrected chi connectivity index (χ0v) is 13.3. The van der Waals surface area contributed by atoms with Gasteiger partial charge in [0.05, 0.1) is 12.1 Å². The maximum atomic E-state index is 12.3. The number of anilines is 1. The predicted octanol–water partition coefficient (Wildman–Crippen LogP) is 2.00. The van der Waals surface area contributed by atoms with Crippen LogP contribution in [0.3, 0.4) is 0 Å². The third-order valence-corrected chi connectivity index (χ3v) is 4.19. The van der Waals surface area contributed by atoms with Gasteiger partial charge in [0.15, 0.2) is 5.60 Å². The van der Waals surface area contributed by atoms with Gasteiger partial charge in [0.1, 0.15) is 0 Å². The molecule has 1 amide bonds. The monoisotopic (exact) mass is 320 g/mol. The number of carbonyl (C=O) groups excluding carboxylic acids is 1. The Morgan fingerprint density at radius 1 is 1.22 bits per heavy atom. The average molecular weight is 320 g/mol. The first-order chi connectivity index (χ1) is 10.9. The van der Waals surface area contributed by atoms with Crippen LogP contribution in [-0.2, 0) is 4.79 Å². The lowest BCUT2D eigenvalue weighted by Crippen LogP contribution is -2.46. The van der Waals surface area contributed by atoms with E-state index < -0.39 is 17.5 Å². The molecule has 1 unspecified atom stereocenters. The molecule has 0 spiro atoms. The summed E-state index contributed by atoms with van der Waals surface area (Å²) in [6, 6.07) is 7.51. The summed E-state index contributed by atoms with van der Waals surface area (Å²) in [7, 11) is 0. The van der Waals surface area contributed by atoms with Gasteiger partial charge in [0, 0.05) is 11.7 Å². The molecule has 23 heavy (non-hydrogen) atoms. The number of para-hydroxylation sites is 1. The molecule has 0 aromatic heterocycles. The van der Waals surface area contributed by atoms with Crippen molar-refractivity contribution in [2.75, 3.05) is 11.9 Å². The van der Waals surface area contributed by atoms with Crippen LogP contribution in [0, 0.1) is 0 Å². The van der Waals surface area contributed by atoms with Crippen LogP contribution in [0.5, 0.6) is 0 Å². The van der Waals surface area contributed by atoms with Gasteiger partial charge in [-0.25, -0.2) is 4.79 Å². The Morgan fingerprint density at radius 3 is 2.52 bits per heavy atom. The Labute approximate surface area is 135 Å². The average Bonchev–Trinajstić information content (AvgIpc) is 2.54. The Morgan fingerprint density at radius 2 is 1.87 bits per heavy atom. The van der Waals surface area contributed by atoms with E-state index in [1.807, 2.05) is 12.1 Å². The molecule has 0 aliphatic heterocycles. The lowest BCUT2D eigenvalue weighted by Gasteiger charge is -2.25. The number of nitrogens with one attached hydrogen (secondary N) is 2. The highest BCUT2D eigenvalue weighted by Gasteiger charge is 2.30. The summed E-state index contributed by atoms with van der Waals surface area (Å²) in [6.45, 7) is 0.806. The fourth-order valence-corrected chi connectivity index (χ4v) is 2.70. The standard InChI is InChI=1S/C17H24N2O4/c1-17(23,16(21)22)11-18-15(20)13-9-5-6-10-14(13)19-12-7-3-2-4-8-12/h5-6,9-10,12,19,23H,2-4,7-8,11H2,1H3,(H,18,20)(H,21,22). The van der Waals surface area contributed by atoms with Crippen molar-refractivity contribution in [1.29, 1.82) is 0 Å². The van der Waals surface area contributed by atoms with E-state index >= 15 is 0 Å². The number of aliphatic hydroxyl groups is 1. The summed E-state index contributed by atoms with van der Waals surface area (Å²) in [5.41, 5.74) is -0.785. The minimum absolute atomic E-state index is 0.348. The molecule has 1 aromatic rings. The molecule has 0 radical (unpaired) electrons. The summed E-state index contributed by atoms with van der Waals surface area (Å²) in [6.07, 6.45) is 5.80. The number of carboxylic acid groups (broad SMARTS) is 1. The Kier molecular flexibility index (Phi) is 5.60. The molecule has 6 heteroatoms. The van der Waals surface area contributed by atoms with Gasteiger partial charge < -0.3 is 20.8 Å². The van der Waals surface area contributed by atoms with Crippen LogP contribution in [0.15, 0.2) is 24.3 Å². The van der Waals surface area contributed by atoms with Gasteiger partial charge in [-0.2, -0.15) is 0 Å². The molecule has 1 aliphatic rings. The smallest absolute Gasteiger partial charge is 0.337 e. The predicted molar refractivity (Wildman–Crippen MR) is 87.5 cm³/mol. The first-order valence-corrected chi connectivity index (χ1v) is 8.00. The van der Waals surface area contributed by atoms with E-state index in [1.165, 1.54) is 19.3 Å². The lowest BCUT2D eigenvalue weighted by molar-refractivity contribution is -0.155. The van der Waals surface area contributed by atoms with Gasteiger partial charge in [-0.1, -0.05) is 31.4 Å². The van der Waals surface area contributed by atoms with Crippen molar-refractivity contribution >= 4 is 17.6 Å². The van der Waals surface area contributed by atoms with Crippen molar-refractivity contribution in [2.24, 2.45) is 0 Å². The SMILES string of the molecule is CC(O)(CNC(=O)c1ccccc1NC1CCCCC1)C(=O)O. The fourth-order valence-electron chi connectivity index (χ4n) is 2.70. The summed E-state index contributed by atoms with van der Waals surface area (Å²) in [4.78, 5) is 23.2. The van der Waals surface area contributed by atoms with E-state index in [2.05, 4.69) is 10.6 Å². The molecule has 126 valence electrons. The largest absolute Gasteiger partial charge is 0.479 e. The van der Waals surface area contributed by atoms with Gasteiger partial charge in [0.25, 0.3) is 5.91 Å². The third-order valence-electron chi connectivity index (χ3n) is 4.19. The van der Waals surface area contributed by atoms with Gasteiger partial charge in [-0.15, -0.1) is 0 Å². The van der Waals surface area contributed by atoms with E-state index in [0.29, 0.717) is 11.6 Å². The van der Waals surface area contributed by atoms with E-state index in [4.69, 9.17) is 5.11 Å². The fraction of sp³-hybridized carbons (Fsp3) is 0.529. The minimum Gasteiger partial charge on any atom is -0.479 e. The number of aliphatic carboxylic acids is 1. The van der Waals surface area contributed by atoms with E-state index in [-0.39, 0.29) is 6.54 Å². The number of hydrogen-bond acceptors (Lipinski definition) is 4. The maximum absolute atomic E-state index is 12.3. The highest BCUT2D eigenvalue weighted by Crippen LogP contribution is 2.23. The zero-order valence-electron chi connectivity index (χ0n) is 13.3. The normalized spacial score (nSPS) is 18.0. The molecule has 1 atom stereocenters. The van der Waals surface area contributed by atoms with Crippen molar-refractivity contribution in [1.82, 2.24) is 5.32 Å². The first kappa shape index (κ1) is 17.3. The van der Waals surface area contributed by atoms with Gasteiger partial charge in [-0.3, -0.25) is 4.79 Å². The third kappa shape index (κ3) is 4.69. The number of amides is 1. The highest BCUT2D eigenvalue weighted by molar-refractivity contribution is 6.00. The van der Waals surface area contributed by atoms with Crippen LogP contribution in [0.2, 0.25) is 0 Å². The summed E-state index contributed by atoms with van der Waals surface area (Å²) in [5.74, 6) is -1.77.